The Balaban J connectivity index is 0. The van der Waals surface area contributed by atoms with Crippen LogP contribution in [0.15, 0.2) is 9.52 Å². The Hall–Kier alpha value is 1.52. The van der Waals surface area contributed by atoms with Gasteiger partial charge in [-0.2, -0.15) is 8.42 Å². The van der Waals surface area contributed by atoms with E-state index in [-0.39, 0.29) is 39.1 Å². The Labute approximate surface area is 102 Å². The normalized spacial score (nSPS) is 10.2. The average molecular weight is 248 g/mol. The van der Waals surface area contributed by atoms with Crippen LogP contribution in [0.2, 0.25) is 0 Å². The van der Waals surface area contributed by atoms with E-state index in [0.29, 0.717) is 0 Å². The third kappa shape index (κ3) is 9.43. The van der Waals surface area contributed by atoms with Gasteiger partial charge < -0.3 is 0 Å². The van der Waals surface area contributed by atoms with Crippen molar-refractivity contribution in [2.24, 2.45) is 0 Å². The van der Waals surface area contributed by atoms with E-state index in [1.807, 2.05) is 0 Å². The Morgan fingerprint density at radius 3 is 1.73 bits per heavy atom. The molecule has 0 aliphatic heterocycles. The van der Waals surface area contributed by atoms with Crippen molar-refractivity contribution in [2.75, 3.05) is 5.75 Å². The summed E-state index contributed by atoms with van der Waals surface area (Å²) in [7, 11) is -4.13. The van der Waals surface area contributed by atoms with Gasteiger partial charge in [-0.05, 0) is 0 Å². The van der Waals surface area contributed by atoms with Crippen LogP contribution in [-0.4, -0.2) is 48.3 Å². The monoisotopic (exact) mass is 247 g/mol. The van der Waals surface area contributed by atoms with Crippen LogP contribution in [0.25, 0.3) is 0 Å². The molecule has 0 unspecified atom stereocenters. The molecular formula is C3H3Cl3NaO3S. The second kappa shape index (κ2) is 6.05. The second-order valence-corrected chi connectivity index (χ2v) is 4.25. The van der Waals surface area contributed by atoms with Crippen molar-refractivity contribution < 1.29 is 13.0 Å². The maximum atomic E-state index is 10.1. The maximum absolute atomic E-state index is 10.1. The van der Waals surface area contributed by atoms with E-state index in [1.54, 1.807) is 0 Å². The standard InChI is InChI=1S/C3H3Cl3O3S.Na/c4-2(3(5)6)1-10(7,8)9;/h1H2,(H,7,8,9);. The Morgan fingerprint density at radius 1 is 1.27 bits per heavy atom. The van der Waals surface area contributed by atoms with E-state index >= 15 is 0 Å². The van der Waals surface area contributed by atoms with Gasteiger partial charge in [0.25, 0.3) is 10.1 Å². The number of hydrogen-bond acceptors (Lipinski definition) is 2. The van der Waals surface area contributed by atoms with Gasteiger partial charge in [0.2, 0.25) is 0 Å². The van der Waals surface area contributed by atoms with Gasteiger partial charge in [0, 0.05) is 29.6 Å². The predicted octanol–water partition coefficient (Wildman–Crippen LogP) is 1.38. The van der Waals surface area contributed by atoms with Crippen LogP contribution in [0.5, 0.6) is 0 Å². The molecule has 1 radical (unpaired) electrons. The van der Waals surface area contributed by atoms with Crippen LogP contribution < -0.4 is 0 Å². The summed E-state index contributed by atoms with van der Waals surface area (Å²) < 4.78 is 27.9. The summed E-state index contributed by atoms with van der Waals surface area (Å²) >= 11 is 15.3. The third-order valence-electron chi connectivity index (χ3n) is 0.514. The van der Waals surface area contributed by atoms with E-state index in [2.05, 4.69) is 0 Å². The Kier molecular flexibility index (Phi) is 8.25. The first-order chi connectivity index (χ1) is 4.33. The summed E-state index contributed by atoms with van der Waals surface area (Å²) in [5.74, 6) is -0.753. The molecule has 0 aliphatic rings. The third-order valence-corrected chi connectivity index (χ3v) is 2.30. The smallest absolute Gasteiger partial charge is 0.270 e. The van der Waals surface area contributed by atoms with Crippen LogP contribution >= 0.6 is 34.8 Å². The van der Waals surface area contributed by atoms with Crippen molar-refractivity contribution in [3.05, 3.63) is 9.52 Å². The van der Waals surface area contributed by atoms with E-state index in [0.717, 1.165) is 0 Å². The molecule has 0 saturated heterocycles. The Morgan fingerprint density at radius 2 is 1.64 bits per heavy atom. The number of rotatable bonds is 2. The van der Waals surface area contributed by atoms with E-state index in [1.165, 1.54) is 0 Å². The van der Waals surface area contributed by atoms with Crippen molar-refractivity contribution in [1.82, 2.24) is 0 Å². The first-order valence-corrected chi connectivity index (χ1v) is 4.72. The zero-order chi connectivity index (χ0) is 8.36. The van der Waals surface area contributed by atoms with Crippen molar-refractivity contribution in [2.45, 2.75) is 0 Å². The summed E-state index contributed by atoms with van der Waals surface area (Å²) in [4.78, 5) is 0. The van der Waals surface area contributed by atoms with Gasteiger partial charge in [0.15, 0.2) is 0 Å². The molecule has 0 rings (SSSR count). The molecule has 0 atom stereocenters. The molecular weight excluding hydrogens is 245 g/mol. The van der Waals surface area contributed by atoms with Crippen LogP contribution in [0.1, 0.15) is 0 Å². The molecule has 61 valence electrons. The van der Waals surface area contributed by atoms with Gasteiger partial charge in [0.05, 0.1) is 5.03 Å². The first-order valence-electron chi connectivity index (χ1n) is 1.98. The Bertz CT molecular complexity index is 243. The topological polar surface area (TPSA) is 54.4 Å². The fraction of sp³-hybridized carbons (Fsp3) is 0.333. The summed E-state index contributed by atoms with van der Waals surface area (Å²) in [6.07, 6.45) is 0. The molecule has 0 amide bonds. The second-order valence-electron chi connectivity index (χ2n) is 1.39. The number of halogens is 3. The van der Waals surface area contributed by atoms with Gasteiger partial charge in [0.1, 0.15) is 10.2 Å². The molecule has 0 aromatic carbocycles. The fourth-order valence-corrected chi connectivity index (χ4v) is 1.39. The zero-order valence-corrected chi connectivity index (χ0v) is 10.6. The van der Waals surface area contributed by atoms with Gasteiger partial charge in [-0.25, -0.2) is 0 Å². The van der Waals surface area contributed by atoms with E-state index in [9.17, 15) is 8.42 Å². The van der Waals surface area contributed by atoms with Crippen LogP contribution in [-0.2, 0) is 10.1 Å². The average Bonchev–Trinajstić information content (AvgIpc) is 1.60. The van der Waals surface area contributed by atoms with E-state index in [4.69, 9.17) is 39.4 Å². The molecule has 0 fully saturated rings. The molecule has 0 aromatic heterocycles. The minimum absolute atomic E-state index is 0. The molecule has 0 aliphatic carbocycles. The van der Waals surface area contributed by atoms with Gasteiger partial charge in [-0.15, -0.1) is 0 Å². The van der Waals surface area contributed by atoms with Crippen LogP contribution in [0, 0.1) is 0 Å². The van der Waals surface area contributed by atoms with E-state index < -0.39 is 15.9 Å². The molecule has 0 bridgehead atoms. The predicted molar refractivity (Wildman–Crippen MR) is 46.8 cm³/mol. The molecule has 0 spiro atoms. The van der Waals surface area contributed by atoms with Gasteiger partial charge in [-0.1, -0.05) is 34.8 Å². The molecule has 0 heterocycles. The van der Waals surface area contributed by atoms with Crippen molar-refractivity contribution in [3.63, 3.8) is 0 Å². The molecule has 1 N–H and O–H groups in total. The minimum Gasteiger partial charge on any atom is -0.285 e. The van der Waals surface area contributed by atoms with Crippen LogP contribution in [0.3, 0.4) is 0 Å². The fourth-order valence-electron chi connectivity index (χ4n) is 0.215. The molecule has 0 saturated carbocycles. The SMILES string of the molecule is O=S(=O)(O)CC(Cl)=C(Cl)Cl.[Na]. The summed E-state index contributed by atoms with van der Waals surface area (Å²) in [6.45, 7) is 0. The summed E-state index contributed by atoms with van der Waals surface area (Å²) in [6, 6.07) is 0. The minimum atomic E-state index is -4.13. The number of hydrogen-bond donors (Lipinski definition) is 1. The largest absolute Gasteiger partial charge is 0.285 e. The van der Waals surface area contributed by atoms with Crippen molar-refractivity contribution in [3.8, 4) is 0 Å². The maximum Gasteiger partial charge on any atom is 0.270 e. The van der Waals surface area contributed by atoms with Crippen molar-refractivity contribution >= 4 is 74.5 Å². The summed E-state index contributed by atoms with van der Waals surface area (Å²) in [5, 5.41) is -0.300. The molecule has 3 nitrogen and oxygen atoms in total. The van der Waals surface area contributed by atoms with Gasteiger partial charge >= 0.3 is 0 Å². The van der Waals surface area contributed by atoms with Gasteiger partial charge in [-0.3, -0.25) is 4.55 Å². The van der Waals surface area contributed by atoms with Crippen molar-refractivity contribution in [1.29, 1.82) is 0 Å². The molecule has 0 aromatic rings. The summed E-state index contributed by atoms with van der Waals surface area (Å²) in [5.41, 5.74) is 0. The first kappa shape index (κ1) is 15.0. The molecule has 8 heteroatoms. The quantitative estimate of drug-likeness (QED) is 0.593. The van der Waals surface area contributed by atoms with Crippen LogP contribution in [0.4, 0.5) is 0 Å². The molecule has 11 heavy (non-hydrogen) atoms. The zero-order valence-electron chi connectivity index (χ0n) is 5.51.